The van der Waals surface area contributed by atoms with Gasteiger partial charge in [-0.05, 0) is 31.5 Å². The topological polar surface area (TPSA) is 78.4 Å². The fraction of sp³-hybridized carbons (Fsp3) is 0.308. The van der Waals surface area contributed by atoms with E-state index in [9.17, 15) is 9.59 Å². The number of hydrogen-bond donors (Lipinski definition) is 1. The minimum Gasteiger partial charge on any atom is -0.353 e. The van der Waals surface area contributed by atoms with Crippen LogP contribution in [0.5, 0.6) is 0 Å². The van der Waals surface area contributed by atoms with Crippen LogP contribution in [0.3, 0.4) is 0 Å². The summed E-state index contributed by atoms with van der Waals surface area (Å²) in [5, 5.41) is 3.77. The number of nitrogens with zero attached hydrogens (tertiary/aromatic N) is 4. The van der Waals surface area contributed by atoms with E-state index in [1.165, 1.54) is 11.8 Å². The molecule has 2 unspecified atom stereocenters. The molecule has 4 rings (SSSR count). The van der Waals surface area contributed by atoms with Crippen LogP contribution in [-0.4, -0.2) is 58.1 Å². The molecular weight excluding hydrogens is 482 g/mol. The van der Waals surface area contributed by atoms with Gasteiger partial charge in [-0.15, -0.1) is 0 Å². The molecule has 35 heavy (non-hydrogen) atoms. The lowest BCUT2D eigenvalue weighted by atomic mass is 10.1. The molecule has 1 aromatic heterocycles. The van der Waals surface area contributed by atoms with Crippen LogP contribution in [-0.2, 0) is 4.79 Å². The summed E-state index contributed by atoms with van der Waals surface area (Å²) in [6.45, 7) is 5.83. The summed E-state index contributed by atoms with van der Waals surface area (Å²) < 4.78 is 0. The quantitative estimate of drug-likeness (QED) is 0.288. The predicted octanol–water partition coefficient (Wildman–Crippen LogP) is 4.45. The average molecular weight is 510 g/mol. The fourth-order valence-corrected chi connectivity index (χ4v) is 4.96. The first-order valence-electron chi connectivity index (χ1n) is 11.5. The van der Waals surface area contributed by atoms with Crippen molar-refractivity contribution in [1.29, 1.82) is 0 Å². The maximum Gasteiger partial charge on any atom is 0.254 e. The third-order valence-electron chi connectivity index (χ3n) is 5.90. The van der Waals surface area contributed by atoms with Crippen molar-refractivity contribution in [2.75, 3.05) is 30.3 Å². The van der Waals surface area contributed by atoms with Crippen molar-refractivity contribution in [2.45, 2.75) is 31.1 Å². The Morgan fingerprint density at radius 2 is 1.77 bits per heavy atom. The Bertz CT molecular complexity index is 1160. The van der Waals surface area contributed by atoms with Crippen molar-refractivity contribution in [3.8, 4) is 0 Å². The Labute approximate surface area is 214 Å². The zero-order valence-corrected chi connectivity index (χ0v) is 21.3. The van der Waals surface area contributed by atoms with Gasteiger partial charge in [0, 0.05) is 37.3 Å². The molecular formula is C26H28ClN5O2S. The van der Waals surface area contributed by atoms with E-state index in [0.29, 0.717) is 41.3 Å². The molecule has 0 bridgehead atoms. The molecule has 2 heterocycles. The first-order valence-corrected chi connectivity index (χ1v) is 12.9. The van der Waals surface area contributed by atoms with Gasteiger partial charge in [0.2, 0.25) is 5.91 Å². The second-order valence-corrected chi connectivity index (χ2v) is 9.81. The summed E-state index contributed by atoms with van der Waals surface area (Å²) in [5.41, 5.74) is 1.74. The summed E-state index contributed by atoms with van der Waals surface area (Å²) in [6, 6.07) is 20.8. The third kappa shape index (κ3) is 6.52. The zero-order valence-electron chi connectivity index (χ0n) is 19.7. The van der Waals surface area contributed by atoms with Crippen molar-refractivity contribution in [3.63, 3.8) is 0 Å². The van der Waals surface area contributed by atoms with E-state index >= 15 is 0 Å². The van der Waals surface area contributed by atoms with E-state index in [-0.39, 0.29) is 29.7 Å². The monoisotopic (exact) mass is 509 g/mol. The van der Waals surface area contributed by atoms with E-state index in [1.54, 1.807) is 6.07 Å². The van der Waals surface area contributed by atoms with Crippen LogP contribution in [0.2, 0.25) is 5.15 Å². The first kappa shape index (κ1) is 25.0. The summed E-state index contributed by atoms with van der Waals surface area (Å²) in [4.78, 5) is 38.3. The van der Waals surface area contributed by atoms with Gasteiger partial charge in [0.15, 0.2) is 5.16 Å². The Morgan fingerprint density at radius 1 is 1.09 bits per heavy atom. The Kier molecular flexibility index (Phi) is 8.25. The minimum absolute atomic E-state index is 0.00607. The van der Waals surface area contributed by atoms with Crippen molar-refractivity contribution in [2.24, 2.45) is 0 Å². The van der Waals surface area contributed by atoms with Crippen molar-refractivity contribution in [1.82, 2.24) is 20.2 Å². The van der Waals surface area contributed by atoms with Gasteiger partial charge in [-0.3, -0.25) is 9.59 Å². The SMILES string of the molecule is CC(NC(=O)CSc1nc(Cl)cc(N2CCN(C(=O)c3ccccc3)C(C)C2)n1)c1ccccc1. The molecule has 0 spiro atoms. The van der Waals surface area contributed by atoms with Crippen LogP contribution in [0.1, 0.15) is 35.8 Å². The highest BCUT2D eigenvalue weighted by Gasteiger charge is 2.29. The molecule has 9 heteroatoms. The van der Waals surface area contributed by atoms with E-state index in [4.69, 9.17) is 11.6 Å². The van der Waals surface area contributed by atoms with E-state index in [1.807, 2.05) is 79.4 Å². The molecule has 2 atom stereocenters. The molecule has 182 valence electrons. The highest BCUT2D eigenvalue weighted by Crippen LogP contribution is 2.25. The number of carbonyl (C=O) groups excluding carboxylic acids is 2. The molecule has 0 aliphatic carbocycles. The van der Waals surface area contributed by atoms with E-state index in [2.05, 4.69) is 20.2 Å². The largest absolute Gasteiger partial charge is 0.353 e. The van der Waals surface area contributed by atoms with Crippen LogP contribution in [0, 0.1) is 0 Å². The predicted molar refractivity (Wildman–Crippen MR) is 140 cm³/mol. The smallest absolute Gasteiger partial charge is 0.254 e. The highest BCUT2D eigenvalue weighted by atomic mass is 35.5. The standard InChI is InChI=1S/C26H28ClN5O2S/c1-18-16-31(13-14-32(18)25(34)21-11-7-4-8-12-21)23-15-22(27)29-26(30-23)35-17-24(33)28-19(2)20-9-5-3-6-10-20/h3-12,15,18-19H,13-14,16-17H2,1-2H3,(H,28,33). The van der Waals surface area contributed by atoms with Crippen molar-refractivity contribution in [3.05, 3.63) is 83.0 Å². The fourth-order valence-electron chi connectivity index (χ4n) is 4.06. The molecule has 1 N–H and O–H groups in total. The summed E-state index contributed by atoms with van der Waals surface area (Å²) in [7, 11) is 0. The average Bonchev–Trinajstić information content (AvgIpc) is 2.87. The number of amides is 2. The van der Waals surface area contributed by atoms with Gasteiger partial charge in [-0.2, -0.15) is 0 Å². The first-order chi connectivity index (χ1) is 16.9. The van der Waals surface area contributed by atoms with Gasteiger partial charge < -0.3 is 15.1 Å². The number of carbonyl (C=O) groups is 2. The second-order valence-electron chi connectivity index (χ2n) is 8.48. The molecule has 2 aromatic carbocycles. The lowest BCUT2D eigenvalue weighted by molar-refractivity contribution is -0.119. The van der Waals surface area contributed by atoms with Gasteiger partial charge in [0.25, 0.3) is 5.91 Å². The number of piperazine rings is 1. The minimum atomic E-state index is -0.0989. The lowest BCUT2D eigenvalue weighted by Gasteiger charge is -2.40. The molecule has 1 aliphatic heterocycles. The number of halogens is 1. The maximum atomic E-state index is 12.9. The lowest BCUT2D eigenvalue weighted by Crippen LogP contribution is -2.54. The number of aromatic nitrogens is 2. The second kappa shape index (κ2) is 11.6. The van der Waals surface area contributed by atoms with Gasteiger partial charge in [-0.25, -0.2) is 9.97 Å². The normalized spacial score (nSPS) is 16.6. The molecule has 2 amide bonds. The summed E-state index contributed by atoms with van der Waals surface area (Å²) >= 11 is 7.54. The molecule has 7 nitrogen and oxygen atoms in total. The zero-order chi connectivity index (χ0) is 24.8. The third-order valence-corrected chi connectivity index (χ3v) is 6.94. The number of thioether (sulfide) groups is 1. The number of anilines is 1. The van der Waals surface area contributed by atoms with E-state index in [0.717, 1.165) is 5.56 Å². The number of benzene rings is 2. The Hall–Kier alpha value is -3.10. The maximum absolute atomic E-state index is 12.9. The van der Waals surface area contributed by atoms with Crippen LogP contribution in [0.15, 0.2) is 71.9 Å². The Morgan fingerprint density at radius 3 is 2.46 bits per heavy atom. The molecule has 0 radical (unpaired) electrons. The number of hydrogen-bond acceptors (Lipinski definition) is 6. The van der Waals surface area contributed by atoms with Gasteiger partial charge in [0.05, 0.1) is 11.8 Å². The van der Waals surface area contributed by atoms with Crippen LogP contribution < -0.4 is 10.2 Å². The molecule has 1 aliphatic rings. The van der Waals surface area contributed by atoms with Gasteiger partial charge >= 0.3 is 0 Å². The summed E-state index contributed by atoms with van der Waals surface area (Å²) in [5.74, 6) is 0.819. The number of rotatable bonds is 7. The van der Waals surface area contributed by atoms with Crippen LogP contribution in [0.4, 0.5) is 5.82 Å². The van der Waals surface area contributed by atoms with Crippen LogP contribution >= 0.6 is 23.4 Å². The van der Waals surface area contributed by atoms with Crippen LogP contribution in [0.25, 0.3) is 0 Å². The molecule has 1 fully saturated rings. The molecule has 3 aromatic rings. The van der Waals surface area contributed by atoms with Gasteiger partial charge in [0.1, 0.15) is 11.0 Å². The van der Waals surface area contributed by atoms with Gasteiger partial charge in [-0.1, -0.05) is 71.9 Å². The number of nitrogens with one attached hydrogen (secondary N) is 1. The van der Waals surface area contributed by atoms with Crippen molar-refractivity contribution < 1.29 is 9.59 Å². The Balaban J connectivity index is 1.35. The molecule has 0 saturated carbocycles. The van der Waals surface area contributed by atoms with E-state index < -0.39 is 0 Å². The highest BCUT2D eigenvalue weighted by molar-refractivity contribution is 7.99. The summed E-state index contributed by atoms with van der Waals surface area (Å²) in [6.07, 6.45) is 0. The molecule has 1 saturated heterocycles. The van der Waals surface area contributed by atoms with Crippen molar-refractivity contribution >= 4 is 41.0 Å².